The fraction of sp³-hybridized carbons (Fsp3) is 0.409. The average Bonchev–Trinajstić information content (AvgIpc) is 2.73. The van der Waals surface area contributed by atoms with Crippen LogP contribution in [0.15, 0.2) is 53.4 Å². The largest absolute Gasteiger partial charge is 0.356 e. The third-order valence-corrected chi connectivity index (χ3v) is 7.15. The average molecular weight is 419 g/mol. The Morgan fingerprint density at radius 3 is 2.52 bits per heavy atom. The summed E-state index contributed by atoms with van der Waals surface area (Å²) in [6.45, 7) is 3.14. The van der Waals surface area contributed by atoms with Gasteiger partial charge in [-0.2, -0.15) is 4.31 Å². The van der Waals surface area contributed by atoms with Crippen LogP contribution in [-0.4, -0.2) is 38.3 Å². The standard InChI is InChI=1S/C22H27FN2O3S/c1-17-6-8-18(9-7-17)4-2-14-24-22(26)19-5-3-15-25(16-19)29(27,28)21-12-10-20(23)11-13-21/h6-13,19H,2-5,14-16H2,1H3,(H,24,26)/t19-/m1/s1. The number of carbonyl (C=O) groups excluding carboxylic acids is 1. The normalized spacial score (nSPS) is 17.8. The van der Waals surface area contributed by atoms with Crippen LogP contribution in [0.25, 0.3) is 0 Å². The van der Waals surface area contributed by atoms with Gasteiger partial charge in [-0.3, -0.25) is 4.79 Å². The molecule has 156 valence electrons. The Balaban J connectivity index is 1.51. The lowest BCUT2D eigenvalue weighted by Gasteiger charge is -2.31. The fourth-order valence-corrected chi connectivity index (χ4v) is 5.06. The van der Waals surface area contributed by atoms with Gasteiger partial charge in [0.2, 0.25) is 15.9 Å². The topological polar surface area (TPSA) is 66.5 Å². The first-order chi connectivity index (χ1) is 13.9. The minimum atomic E-state index is -3.72. The Morgan fingerprint density at radius 1 is 1.14 bits per heavy atom. The highest BCUT2D eigenvalue weighted by atomic mass is 32.2. The van der Waals surface area contributed by atoms with Crippen LogP contribution in [0.1, 0.15) is 30.4 Å². The van der Waals surface area contributed by atoms with Crippen molar-refractivity contribution in [2.24, 2.45) is 5.92 Å². The van der Waals surface area contributed by atoms with E-state index in [1.165, 1.54) is 27.6 Å². The number of nitrogens with one attached hydrogen (secondary N) is 1. The van der Waals surface area contributed by atoms with Gasteiger partial charge in [0.15, 0.2) is 0 Å². The number of carbonyl (C=O) groups is 1. The maximum atomic E-state index is 13.1. The molecule has 29 heavy (non-hydrogen) atoms. The minimum absolute atomic E-state index is 0.0538. The van der Waals surface area contributed by atoms with E-state index in [2.05, 4.69) is 29.6 Å². The SMILES string of the molecule is Cc1ccc(CCCNC(=O)[C@@H]2CCCN(S(=O)(=O)c3ccc(F)cc3)C2)cc1. The second-order valence-electron chi connectivity index (χ2n) is 7.54. The number of hydrogen-bond donors (Lipinski definition) is 1. The molecule has 1 N–H and O–H groups in total. The van der Waals surface area contributed by atoms with Gasteiger partial charge in [0, 0.05) is 19.6 Å². The van der Waals surface area contributed by atoms with Crippen molar-refractivity contribution in [1.29, 1.82) is 0 Å². The van der Waals surface area contributed by atoms with Gasteiger partial charge in [0.05, 0.1) is 10.8 Å². The van der Waals surface area contributed by atoms with Gasteiger partial charge >= 0.3 is 0 Å². The van der Waals surface area contributed by atoms with E-state index in [-0.39, 0.29) is 23.3 Å². The van der Waals surface area contributed by atoms with Crippen molar-refractivity contribution < 1.29 is 17.6 Å². The molecule has 1 amide bonds. The molecule has 3 rings (SSSR count). The number of hydrogen-bond acceptors (Lipinski definition) is 3. The number of halogens is 1. The molecule has 0 spiro atoms. The summed E-state index contributed by atoms with van der Waals surface area (Å²) < 4.78 is 40.0. The summed E-state index contributed by atoms with van der Waals surface area (Å²) in [4.78, 5) is 12.6. The Bertz CT molecular complexity index is 928. The van der Waals surface area contributed by atoms with E-state index < -0.39 is 15.8 Å². The highest BCUT2D eigenvalue weighted by Crippen LogP contribution is 2.24. The summed E-state index contributed by atoms with van der Waals surface area (Å²) in [5.41, 5.74) is 2.46. The van der Waals surface area contributed by atoms with E-state index in [1.54, 1.807) is 0 Å². The Labute approximate surface area is 172 Å². The summed E-state index contributed by atoms with van der Waals surface area (Å²) in [7, 11) is -3.72. The molecule has 0 aromatic heterocycles. The van der Waals surface area contributed by atoms with Crippen molar-refractivity contribution in [1.82, 2.24) is 9.62 Å². The molecule has 1 fully saturated rings. The molecule has 1 saturated heterocycles. The third kappa shape index (κ3) is 5.64. The van der Waals surface area contributed by atoms with Crippen LogP contribution in [-0.2, 0) is 21.2 Å². The van der Waals surface area contributed by atoms with Gasteiger partial charge in [0.1, 0.15) is 5.82 Å². The van der Waals surface area contributed by atoms with E-state index >= 15 is 0 Å². The van der Waals surface area contributed by atoms with Crippen molar-refractivity contribution in [2.75, 3.05) is 19.6 Å². The minimum Gasteiger partial charge on any atom is -0.356 e. The van der Waals surface area contributed by atoms with Crippen molar-refractivity contribution in [3.8, 4) is 0 Å². The Morgan fingerprint density at radius 2 is 1.83 bits per heavy atom. The molecule has 1 aliphatic heterocycles. The second kappa shape index (κ2) is 9.50. The zero-order valence-electron chi connectivity index (χ0n) is 16.6. The highest BCUT2D eigenvalue weighted by Gasteiger charge is 2.33. The van der Waals surface area contributed by atoms with E-state index in [9.17, 15) is 17.6 Å². The molecule has 1 atom stereocenters. The number of aryl methyl sites for hydroxylation is 2. The Hall–Kier alpha value is -2.25. The molecule has 0 bridgehead atoms. The molecule has 2 aromatic rings. The first-order valence-corrected chi connectivity index (χ1v) is 11.4. The monoisotopic (exact) mass is 418 g/mol. The molecule has 5 nitrogen and oxygen atoms in total. The Kier molecular flexibility index (Phi) is 7.03. The lowest BCUT2D eigenvalue weighted by Crippen LogP contribution is -2.45. The fourth-order valence-electron chi connectivity index (χ4n) is 3.53. The van der Waals surface area contributed by atoms with Crippen molar-refractivity contribution >= 4 is 15.9 Å². The van der Waals surface area contributed by atoms with Crippen LogP contribution in [0.5, 0.6) is 0 Å². The van der Waals surface area contributed by atoms with E-state index in [1.807, 2.05) is 6.92 Å². The van der Waals surface area contributed by atoms with Crippen molar-refractivity contribution in [2.45, 2.75) is 37.5 Å². The maximum absolute atomic E-state index is 13.1. The molecule has 0 radical (unpaired) electrons. The van der Waals surface area contributed by atoms with E-state index in [4.69, 9.17) is 0 Å². The molecule has 2 aromatic carbocycles. The summed E-state index contributed by atoms with van der Waals surface area (Å²) >= 11 is 0. The van der Waals surface area contributed by atoms with E-state index in [0.29, 0.717) is 25.9 Å². The van der Waals surface area contributed by atoms with Gasteiger partial charge in [-0.25, -0.2) is 12.8 Å². The number of rotatable bonds is 7. The zero-order valence-corrected chi connectivity index (χ0v) is 17.4. The predicted molar refractivity (Wildman–Crippen MR) is 110 cm³/mol. The number of benzene rings is 2. The van der Waals surface area contributed by atoms with Crippen molar-refractivity contribution in [3.05, 3.63) is 65.5 Å². The van der Waals surface area contributed by atoms with Gasteiger partial charge in [0.25, 0.3) is 0 Å². The van der Waals surface area contributed by atoms with Crippen molar-refractivity contribution in [3.63, 3.8) is 0 Å². The molecule has 1 aliphatic rings. The maximum Gasteiger partial charge on any atom is 0.243 e. The first kappa shape index (κ1) is 21.5. The molecule has 1 heterocycles. The number of sulfonamides is 1. The summed E-state index contributed by atoms with van der Waals surface area (Å²) in [5.74, 6) is -0.947. The van der Waals surface area contributed by atoms with Gasteiger partial charge in [-0.15, -0.1) is 0 Å². The van der Waals surface area contributed by atoms with Gasteiger partial charge in [-0.05, 0) is 62.4 Å². The summed E-state index contributed by atoms with van der Waals surface area (Å²) in [6.07, 6.45) is 3.01. The second-order valence-corrected chi connectivity index (χ2v) is 9.47. The zero-order chi connectivity index (χ0) is 20.9. The molecule has 0 unspecified atom stereocenters. The molecule has 0 saturated carbocycles. The number of nitrogens with zero attached hydrogens (tertiary/aromatic N) is 1. The van der Waals surface area contributed by atoms with Crippen LogP contribution in [0.2, 0.25) is 0 Å². The summed E-state index contributed by atoms with van der Waals surface area (Å²) in [5, 5.41) is 2.94. The van der Waals surface area contributed by atoms with Crippen LogP contribution >= 0.6 is 0 Å². The number of amides is 1. The highest BCUT2D eigenvalue weighted by molar-refractivity contribution is 7.89. The lowest BCUT2D eigenvalue weighted by molar-refractivity contribution is -0.126. The first-order valence-electron chi connectivity index (χ1n) is 9.95. The van der Waals surface area contributed by atoms with Crippen LogP contribution < -0.4 is 5.32 Å². The molecular weight excluding hydrogens is 391 g/mol. The quantitative estimate of drug-likeness (QED) is 0.702. The van der Waals surface area contributed by atoms with E-state index in [0.717, 1.165) is 25.0 Å². The van der Waals surface area contributed by atoms with Gasteiger partial charge < -0.3 is 5.32 Å². The lowest BCUT2D eigenvalue weighted by atomic mass is 9.99. The third-order valence-electron chi connectivity index (χ3n) is 5.27. The van der Waals surface area contributed by atoms with Crippen LogP contribution in [0, 0.1) is 18.7 Å². The molecular formula is C22H27FN2O3S. The molecule has 0 aliphatic carbocycles. The summed E-state index contributed by atoms with van der Waals surface area (Å²) in [6, 6.07) is 13.1. The number of piperidine rings is 1. The smallest absolute Gasteiger partial charge is 0.243 e. The van der Waals surface area contributed by atoms with Crippen LogP contribution in [0.4, 0.5) is 4.39 Å². The predicted octanol–water partition coefficient (Wildman–Crippen LogP) is 3.28. The van der Waals surface area contributed by atoms with Gasteiger partial charge in [-0.1, -0.05) is 29.8 Å². The van der Waals surface area contributed by atoms with Crippen LogP contribution in [0.3, 0.4) is 0 Å². The molecule has 7 heteroatoms.